The Morgan fingerprint density at radius 1 is 0.892 bits per heavy atom. The summed E-state index contributed by atoms with van der Waals surface area (Å²) in [6.07, 6.45) is 3.70. The van der Waals surface area contributed by atoms with Crippen LogP contribution in [-0.4, -0.2) is 32.9 Å². The lowest BCUT2D eigenvalue weighted by Gasteiger charge is -2.12. The van der Waals surface area contributed by atoms with E-state index in [0.717, 1.165) is 54.0 Å². The highest BCUT2D eigenvalue weighted by atomic mass is 16.7. The molecule has 0 amide bonds. The summed E-state index contributed by atoms with van der Waals surface area (Å²) >= 11 is 0. The van der Waals surface area contributed by atoms with Crippen molar-refractivity contribution in [1.29, 1.82) is 0 Å². The smallest absolute Gasteiger partial charge is 0.331 e. The van der Waals surface area contributed by atoms with Crippen molar-refractivity contribution in [2.24, 2.45) is 11.1 Å². The van der Waals surface area contributed by atoms with E-state index in [0.29, 0.717) is 16.7 Å². The molecular formula is C30H28N2O5. The Balaban J connectivity index is 1.60. The van der Waals surface area contributed by atoms with Gasteiger partial charge in [-0.3, -0.25) is 9.59 Å². The lowest BCUT2D eigenvalue weighted by Crippen LogP contribution is -2.23. The average molecular weight is 497 g/mol. The number of aromatic hydroxyl groups is 1. The first-order valence-corrected chi connectivity index (χ1v) is 12.6. The normalized spacial score (nSPS) is 14.4. The van der Waals surface area contributed by atoms with Crippen molar-refractivity contribution in [2.75, 3.05) is 0 Å². The van der Waals surface area contributed by atoms with E-state index >= 15 is 0 Å². The molecule has 0 aliphatic heterocycles. The molecule has 1 heterocycles. The number of benzene rings is 3. The molecular weight excluding hydrogens is 468 g/mol. The highest BCUT2D eigenvalue weighted by Crippen LogP contribution is 2.33. The molecule has 5 rings (SSSR count). The molecule has 37 heavy (non-hydrogen) atoms. The number of Topliss-reactive ketones (excluding diaryl/α,β-unsaturated/α-hetero) is 1. The Hall–Kier alpha value is -4.26. The van der Waals surface area contributed by atoms with Crippen molar-refractivity contribution in [3.63, 3.8) is 0 Å². The summed E-state index contributed by atoms with van der Waals surface area (Å²) in [4.78, 5) is 43.0. The molecule has 1 aromatic heterocycles. The lowest BCUT2D eigenvalue weighted by atomic mass is 9.93. The summed E-state index contributed by atoms with van der Waals surface area (Å²) in [6, 6.07) is 17.3. The van der Waals surface area contributed by atoms with Gasteiger partial charge < -0.3 is 14.5 Å². The van der Waals surface area contributed by atoms with Gasteiger partial charge in [-0.05, 0) is 80.4 Å². The fourth-order valence-electron chi connectivity index (χ4n) is 5.27. The van der Waals surface area contributed by atoms with Crippen LogP contribution in [0.3, 0.4) is 0 Å². The summed E-state index contributed by atoms with van der Waals surface area (Å²) in [5.74, 6) is -0.888. The zero-order valence-electron chi connectivity index (χ0n) is 20.9. The summed E-state index contributed by atoms with van der Waals surface area (Å²) in [5, 5.41) is 15.3. The zero-order chi connectivity index (χ0) is 26.1. The van der Waals surface area contributed by atoms with E-state index in [2.05, 4.69) is 16.6 Å². The molecule has 0 radical (unpaired) electrons. The number of phenols is 1. The van der Waals surface area contributed by atoms with Crippen LogP contribution in [0.1, 0.15) is 65.8 Å². The third-order valence-electron chi connectivity index (χ3n) is 7.08. The molecule has 0 bridgehead atoms. The number of rotatable bonds is 7. The fourth-order valence-corrected chi connectivity index (χ4v) is 5.27. The minimum atomic E-state index is -0.560. The molecule has 0 unspecified atom stereocenters. The molecule has 0 atom stereocenters. The van der Waals surface area contributed by atoms with Gasteiger partial charge in [-0.2, -0.15) is 0 Å². The number of aromatic nitrogens is 1. The molecule has 1 aliphatic rings. The number of hydrogen-bond acceptors (Lipinski definition) is 6. The second-order valence-corrected chi connectivity index (χ2v) is 9.45. The highest BCUT2D eigenvalue weighted by molar-refractivity contribution is 6.47. The number of ketones is 2. The molecule has 7 heteroatoms. The van der Waals surface area contributed by atoms with E-state index in [9.17, 15) is 19.5 Å². The number of nitrogens with zero attached hydrogens (tertiary/aromatic N) is 2. The van der Waals surface area contributed by atoms with E-state index in [4.69, 9.17) is 4.84 Å². The summed E-state index contributed by atoms with van der Waals surface area (Å²) in [6.45, 7) is 4.04. The molecule has 7 nitrogen and oxygen atoms in total. The number of fused-ring (bicyclic) bond motifs is 3. The van der Waals surface area contributed by atoms with Crippen LogP contribution in [0.25, 0.3) is 21.8 Å². The third kappa shape index (κ3) is 4.65. The first-order valence-electron chi connectivity index (χ1n) is 12.6. The first kappa shape index (κ1) is 24.4. The Bertz CT molecular complexity index is 1560. The van der Waals surface area contributed by atoms with E-state index < -0.39 is 5.97 Å². The topological polar surface area (TPSA) is 98.0 Å². The number of carbonyl (C=O) groups excluding carboxylic acids is 3. The standard InChI is InChI=1S/C30H28N2O5/c1-3-32-26-14-10-21(29(35)20-8-12-23(34)13-9-20)16-24(26)25-17-22(11-15-27(25)32)30(36)28(31-37-18(2)33)19-6-4-5-7-19/h8-17,19,34H,3-7H2,1-2H3/b31-28-. The predicted molar refractivity (Wildman–Crippen MR) is 142 cm³/mol. The summed E-state index contributed by atoms with van der Waals surface area (Å²) in [7, 11) is 0. The van der Waals surface area contributed by atoms with Gasteiger partial charge in [-0.25, -0.2) is 4.79 Å². The lowest BCUT2D eigenvalue weighted by molar-refractivity contribution is -0.140. The van der Waals surface area contributed by atoms with E-state index in [1.54, 1.807) is 24.3 Å². The monoisotopic (exact) mass is 496 g/mol. The van der Waals surface area contributed by atoms with Crippen LogP contribution in [0, 0.1) is 5.92 Å². The van der Waals surface area contributed by atoms with Gasteiger partial charge >= 0.3 is 5.97 Å². The number of carbonyl (C=O) groups is 3. The maximum Gasteiger partial charge on any atom is 0.331 e. The molecule has 3 aromatic carbocycles. The van der Waals surface area contributed by atoms with Crippen LogP contribution in [0.15, 0.2) is 65.8 Å². The minimum Gasteiger partial charge on any atom is -0.508 e. The molecule has 1 N–H and O–H groups in total. The molecule has 1 aliphatic carbocycles. The van der Waals surface area contributed by atoms with Gasteiger partial charge in [0.1, 0.15) is 11.5 Å². The molecule has 1 fully saturated rings. The second kappa shape index (κ2) is 10.0. The van der Waals surface area contributed by atoms with Gasteiger partial charge in [0.05, 0.1) is 0 Å². The van der Waals surface area contributed by atoms with Crippen LogP contribution in [0.2, 0.25) is 0 Å². The van der Waals surface area contributed by atoms with Crippen LogP contribution in [0.4, 0.5) is 0 Å². The Labute approximate surface area is 214 Å². The zero-order valence-corrected chi connectivity index (χ0v) is 20.9. The van der Waals surface area contributed by atoms with E-state index in [1.807, 2.05) is 24.3 Å². The molecule has 4 aromatic rings. The average Bonchev–Trinajstić information content (AvgIpc) is 3.54. The van der Waals surface area contributed by atoms with Gasteiger partial charge in [-0.15, -0.1) is 0 Å². The molecule has 188 valence electrons. The van der Waals surface area contributed by atoms with E-state index in [-0.39, 0.29) is 28.9 Å². The molecule has 0 spiro atoms. The maximum atomic E-state index is 13.6. The van der Waals surface area contributed by atoms with Gasteiger partial charge in [0.25, 0.3) is 0 Å². The second-order valence-electron chi connectivity index (χ2n) is 9.45. The summed E-state index contributed by atoms with van der Waals surface area (Å²) < 4.78 is 2.15. The third-order valence-corrected chi connectivity index (χ3v) is 7.08. The number of phenolic OH excluding ortho intramolecular Hbond substituents is 1. The highest BCUT2D eigenvalue weighted by Gasteiger charge is 2.28. The fraction of sp³-hybridized carbons (Fsp3) is 0.267. The van der Waals surface area contributed by atoms with Gasteiger partial charge in [-0.1, -0.05) is 18.0 Å². The van der Waals surface area contributed by atoms with Crippen LogP contribution >= 0.6 is 0 Å². The van der Waals surface area contributed by atoms with Crippen molar-refractivity contribution in [3.8, 4) is 5.75 Å². The van der Waals surface area contributed by atoms with Crippen LogP contribution in [0.5, 0.6) is 5.75 Å². The van der Waals surface area contributed by atoms with Crippen LogP contribution < -0.4 is 0 Å². The van der Waals surface area contributed by atoms with Crippen molar-refractivity contribution in [1.82, 2.24) is 4.57 Å². The number of aryl methyl sites for hydroxylation is 1. The quantitative estimate of drug-likeness (QED) is 0.146. The van der Waals surface area contributed by atoms with Crippen molar-refractivity contribution in [2.45, 2.75) is 46.1 Å². The first-order chi connectivity index (χ1) is 17.9. The molecule has 1 saturated carbocycles. The maximum absolute atomic E-state index is 13.6. The van der Waals surface area contributed by atoms with Gasteiger partial charge in [0, 0.05) is 57.9 Å². The predicted octanol–water partition coefficient (Wildman–Crippen LogP) is 6.04. The minimum absolute atomic E-state index is 0.0333. The van der Waals surface area contributed by atoms with E-state index in [1.165, 1.54) is 19.1 Å². The van der Waals surface area contributed by atoms with Gasteiger partial charge in [0.15, 0.2) is 5.78 Å². The largest absolute Gasteiger partial charge is 0.508 e. The van der Waals surface area contributed by atoms with Crippen molar-refractivity contribution < 1.29 is 24.3 Å². The van der Waals surface area contributed by atoms with Crippen LogP contribution in [-0.2, 0) is 16.2 Å². The molecule has 0 saturated heterocycles. The van der Waals surface area contributed by atoms with Crippen molar-refractivity contribution >= 4 is 45.1 Å². The van der Waals surface area contributed by atoms with Crippen molar-refractivity contribution in [3.05, 3.63) is 77.4 Å². The SMILES string of the molecule is CCn1c2ccc(C(=O)/C(=N\OC(C)=O)C3CCCC3)cc2c2cc(C(=O)c3ccc(O)cc3)ccc21. The Kier molecular flexibility index (Phi) is 6.61. The van der Waals surface area contributed by atoms with Gasteiger partial charge in [0.2, 0.25) is 5.78 Å². The number of oxime groups is 1. The Morgan fingerprint density at radius 3 is 2.05 bits per heavy atom. The summed E-state index contributed by atoms with van der Waals surface area (Å²) in [5.41, 5.74) is 3.69. The number of hydrogen-bond donors (Lipinski definition) is 1. The Morgan fingerprint density at radius 2 is 1.46 bits per heavy atom.